The maximum atomic E-state index is 14.4. The molecule has 3 aliphatic rings. The van der Waals surface area contributed by atoms with Gasteiger partial charge in [-0.15, -0.1) is 0 Å². The lowest BCUT2D eigenvalue weighted by molar-refractivity contribution is -0.318. The quantitative estimate of drug-likeness (QED) is 0.251. The molecule has 0 spiro atoms. The van der Waals surface area contributed by atoms with Gasteiger partial charge in [0, 0.05) is 50.4 Å². The molecule has 0 bridgehead atoms. The largest absolute Gasteiger partial charge is 0.459 e. The Bertz CT molecular complexity index is 1250. The summed E-state index contributed by atoms with van der Waals surface area (Å²) in [5.41, 5.74) is -4.16. The Morgan fingerprint density at radius 2 is 1.62 bits per heavy atom. The van der Waals surface area contributed by atoms with Gasteiger partial charge in [0.25, 0.3) is 0 Å². The summed E-state index contributed by atoms with van der Waals surface area (Å²) >= 11 is 0. The second kappa shape index (κ2) is 19.2. The normalized spacial score (nSPS) is 47.5. The summed E-state index contributed by atoms with van der Waals surface area (Å²) in [6.07, 6.45) is -6.69. The zero-order valence-electron chi connectivity index (χ0n) is 36.4. The van der Waals surface area contributed by atoms with E-state index in [2.05, 4.69) is 4.90 Å². The first-order chi connectivity index (χ1) is 25.3. The molecule has 0 saturated carbocycles. The first-order valence-electron chi connectivity index (χ1n) is 20.4. The summed E-state index contributed by atoms with van der Waals surface area (Å²) in [5, 5.41) is 47.4. The number of carbonyl (C=O) groups is 2. The molecule has 3 aliphatic heterocycles. The highest BCUT2D eigenvalue weighted by molar-refractivity contribution is 5.76. The Hall–Kier alpha value is -1.30. The molecule has 322 valence electrons. The highest BCUT2D eigenvalue weighted by atomic mass is 16.7. The van der Waals surface area contributed by atoms with Crippen LogP contribution in [-0.2, 0) is 38.0 Å². The van der Waals surface area contributed by atoms with E-state index in [1.54, 1.807) is 34.6 Å². The lowest BCUT2D eigenvalue weighted by Crippen LogP contribution is -2.60. The predicted molar refractivity (Wildman–Crippen MR) is 207 cm³/mol. The molecule has 3 rings (SSSR count). The number of cyclic esters (lactones) is 1. The maximum absolute atomic E-state index is 14.4. The number of Topliss-reactive ketones (excluding diaryl/α,β-unsaturated/α-hetero) is 1. The fraction of sp³-hybridized carbons (Fsp3) is 0.951. The molecule has 55 heavy (non-hydrogen) atoms. The molecular weight excluding hydrogens is 712 g/mol. The molecule has 0 unspecified atom stereocenters. The van der Waals surface area contributed by atoms with Gasteiger partial charge in [-0.25, -0.2) is 0 Å². The van der Waals surface area contributed by atoms with E-state index in [-0.39, 0.29) is 55.6 Å². The standard InChI is InChI=1S/C41H76N2O12/c1-16-31-41(11,49)29(17-23(3)44)27(7)43(14)21-22(2)19-39(9,48)36(55-38-33(45)30(42(12)13)18-24(4)51-38)25(5)34(26(6)37(47)53-31)54-32-20-40(10,50-15)35(46)28(8)52-32/h22,24-36,38,45-46,48-49H,16-21H2,1-15H3/t22-,24-,25+,26-,27-,28+,29-,30+,31-,32+,33-,34+,35+,36-,38+,39-,40-,41+/m1/s1. The van der Waals surface area contributed by atoms with E-state index < -0.39 is 89.7 Å². The van der Waals surface area contributed by atoms with Crippen LogP contribution in [0, 0.1) is 23.7 Å². The van der Waals surface area contributed by atoms with Gasteiger partial charge in [-0.2, -0.15) is 0 Å². The first kappa shape index (κ1) is 48.1. The number of likely N-dealkylation sites (N-methyl/N-ethyl adjacent to an activating group) is 1. The van der Waals surface area contributed by atoms with Crippen LogP contribution in [0.3, 0.4) is 0 Å². The second-order valence-corrected chi connectivity index (χ2v) is 18.2. The summed E-state index contributed by atoms with van der Waals surface area (Å²) in [5.74, 6) is -3.20. The van der Waals surface area contributed by atoms with Crippen LogP contribution >= 0.6 is 0 Å². The Morgan fingerprint density at radius 1 is 1.00 bits per heavy atom. The van der Waals surface area contributed by atoms with Crippen molar-refractivity contribution in [2.45, 2.75) is 192 Å². The molecule has 0 amide bonds. The molecule has 0 aromatic carbocycles. The molecular formula is C41H76N2O12. The first-order valence-corrected chi connectivity index (χ1v) is 20.4. The third kappa shape index (κ3) is 11.3. The van der Waals surface area contributed by atoms with Gasteiger partial charge in [0.05, 0.1) is 41.5 Å². The molecule has 18 atom stereocenters. The number of methoxy groups -OCH3 is 1. The van der Waals surface area contributed by atoms with Gasteiger partial charge < -0.3 is 63.4 Å². The number of hydrogen-bond donors (Lipinski definition) is 4. The van der Waals surface area contributed by atoms with Crippen LogP contribution in [0.25, 0.3) is 0 Å². The van der Waals surface area contributed by atoms with Gasteiger partial charge in [-0.3, -0.25) is 4.79 Å². The number of ether oxygens (including phenoxy) is 6. The third-order valence-corrected chi connectivity index (χ3v) is 13.0. The highest BCUT2D eigenvalue weighted by Crippen LogP contribution is 2.41. The summed E-state index contributed by atoms with van der Waals surface area (Å²) in [6.45, 7) is 20.1. The zero-order chi connectivity index (χ0) is 42.0. The number of hydrogen-bond acceptors (Lipinski definition) is 14. The van der Waals surface area contributed by atoms with Crippen LogP contribution < -0.4 is 0 Å². The smallest absolute Gasteiger partial charge is 0.311 e. The van der Waals surface area contributed by atoms with Crippen LogP contribution in [0.15, 0.2) is 0 Å². The van der Waals surface area contributed by atoms with Crippen LogP contribution in [0.1, 0.15) is 108 Å². The number of aliphatic hydroxyl groups excluding tert-OH is 2. The van der Waals surface area contributed by atoms with Gasteiger partial charge in [0.2, 0.25) is 0 Å². The second-order valence-electron chi connectivity index (χ2n) is 18.2. The highest BCUT2D eigenvalue weighted by Gasteiger charge is 2.53. The number of rotatable bonds is 9. The summed E-state index contributed by atoms with van der Waals surface area (Å²) in [4.78, 5) is 31.1. The van der Waals surface area contributed by atoms with Crippen molar-refractivity contribution >= 4 is 11.8 Å². The summed E-state index contributed by atoms with van der Waals surface area (Å²) in [7, 11) is 7.22. The fourth-order valence-corrected chi connectivity index (χ4v) is 9.54. The molecule has 0 radical (unpaired) electrons. The average molecular weight is 789 g/mol. The van der Waals surface area contributed by atoms with Crippen LogP contribution in [0.5, 0.6) is 0 Å². The minimum absolute atomic E-state index is 0.0737. The monoisotopic (exact) mass is 789 g/mol. The molecule has 14 nitrogen and oxygen atoms in total. The van der Waals surface area contributed by atoms with Crippen LogP contribution in [0.4, 0.5) is 0 Å². The number of aliphatic hydroxyl groups is 4. The predicted octanol–water partition coefficient (Wildman–Crippen LogP) is 3.14. The lowest BCUT2D eigenvalue weighted by atomic mass is 9.75. The Kier molecular flexibility index (Phi) is 16.8. The minimum atomic E-state index is -1.58. The Balaban J connectivity index is 2.21. The molecule has 3 saturated heterocycles. The van der Waals surface area contributed by atoms with E-state index in [9.17, 15) is 30.0 Å². The van der Waals surface area contributed by atoms with E-state index in [1.807, 2.05) is 60.7 Å². The van der Waals surface area contributed by atoms with Gasteiger partial charge in [0.15, 0.2) is 12.6 Å². The van der Waals surface area contributed by atoms with Crippen molar-refractivity contribution in [2.24, 2.45) is 23.7 Å². The lowest BCUT2D eigenvalue weighted by Gasteiger charge is -2.48. The van der Waals surface area contributed by atoms with E-state index in [0.717, 1.165) is 0 Å². The molecule has 0 aromatic heterocycles. The van der Waals surface area contributed by atoms with E-state index in [4.69, 9.17) is 28.4 Å². The summed E-state index contributed by atoms with van der Waals surface area (Å²) in [6, 6.07) is -0.585. The molecule has 0 aromatic rings. The number of ketones is 1. The Labute approximate surface area is 330 Å². The van der Waals surface area contributed by atoms with E-state index in [0.29, 0.717) is 13.0 Å². The zero-order valence-corrected chi connectivity index (χ0v) is 36.4. The van der Waals surface area contributed by atoms with Crippen molar-refractivity contribution in [3.8, 4) is 0 Å². The van der Waals surface area contributed by atoms with Crippen LogP contribution in [0.2, 0.25) is 0 Å². The fourth-order valence-electron chi connectivity index (χ4n) is 9.54. The number of esters is 1. The van der Waals surface area contributed by atoms with Gasteiger partial charge >= 0.3 is 5.97 Å². The van der Waals surface area contributed by atoms with Crippen molar-refractivity contribution < 1.29 is 58.4 Å². The Morgan fingerprint density at radius 3 is 2.16 bits per heavy atom. The number of nitrogens with zero attached hydrogens (tertiary/aromatic N) is 2. The third-order valence-electron chi connectivity index (χ3n) is 13.0. The maximum Gasteiger partial charge on any atom is 0.311 e. The van der Waals surface area contributed by atoms with Gasteiger partial charge in [-0.1, -0.05) is 20.8 Å². The minimum Gasteiger partial charge on any atom is -0.459 e. The summed E-state index contributed by atoms with van der Waals surface area (Å²) < 4.78 is 37.9. The average Bonchev–Trinajstić information content (AvgIpc) is 3.08. The van der Waals surface area contributed by atoms with Crippen LogP contribution in [-0.4, -0.2) is 161 Å². The van der Waals surface area contributed by atoms with Crippen molar-refractivity contribution in [3.05, 3.63) is 0 Å². The molecule has 4 N–H and O–H groups in total. The molecule has 0 aliphatic carbocycles. The number of carbonyl (C=O) groups excluding carboxylic acids is 2. The van der Waals surface area contributed by atoms with Crippen molar-refractivity contribution in [3.63, 3.8) is 0 Å². The van der Waals surface area contributed by atoms with E-state index in [1.165, 1.54) is 14.0 Å². The topological polar surface area (TPSA) is 177 Å². The van der Waals surface area contributed by atoms with Crippen molar-refractivity contribution in [1.29, 1.82) is 0 Å². The van der Waals surface area contributed by atoms with Crippen molar-refractivity contribution in [2.75, 3.05) is 34.8 Å². The van der Waals surface area contributed by atoms with Gasteiger partial charge in [0.1, 0.15) is 29.7 Å². The molecule has 3 fully saturated rings. The SMILES string of the molecule is CC[C@H]1OC(=O)[C@H](C)[C@@H](O[C@H]2C[C@@](C)(OC)[C@@H](O)[C@H](C)O2)[C@H](C)[C@@H](O[C@@H]2O[C@H](C)C[C@H](N(C)C)[C@H]2O)[C@](C)(O)C[C@@H](C)CN(C)[C@H](C)[C@@H](CC(C)=O)[C@]1(C)O. The molecule has 3 heterocycles. The van der Waals surface area contributed by atoms with E-state index >= 15 is 0 Å². The molecule has 14 heteroatoms. The van der Waals surface area contributed by atoms with Gasteiger partial charge in [-0.05, 0) is 102 Å². The van der Waals surface area contributed by atoms with Crippen molar-refractivity contribution in [1.82, 2.24) is 9.80 Å².